The Morgan fingerprint density at radius 3 is 2.40 bits per heavy atom. The quantitative estimate of drug-likeness (QED) is 0.494. The van der Waals surface area contributed by atoms with E-state index in [9.17, 15) is 14.4 Å². The molecule has 1 aromatic carbocycles. The van der Waals surface area contributed by atoms with Gasteiger partial charge in [0.2, 0.25) is 0 Å². The van der Waals surface area contributed by atoms with Crippen LogP contribution in [0.1, 0.15) is 13.8 Å². The van der Waals surface area contributed by atoms with Crippen LogP contribution in [0, 0.1) is 0 Å². The number of rotatable bonds is 9. The lowest BCUT2D eigenvalue weighted by Crippen LogP contribution is -3.11. The fourth-order valence-corrected chi connectivity index (χ4v) is 2.98. The summed E-state index contributed by atoms with van der Waals surface area (Å²) in [6, 6.07) is 4.34. The van der Waals surface area contributed by atoms with Crippen LogP contribution in [0.15, 0.2) is 18.2 Å². The van der Waals surface area contributed by atoms with Crippen LogP contribution in [0.5, 0.6) is 11.5 Å². The van der Waals surface area contributed by atoms with E-state index < -0.39 is 11.9 Å². The van der Waals surface area contributed by atoms with Crippen molar-refractivity contribution in [2.45, 2.75) is 13.8 Å². The molecule has 1 heterocycles. The number of morpholine rings is 1. The first-order valence-corrected chi connectivity index (χ1v) is 10.1. The van der Waals surface area contributed by atoms with Gasteiger partial charge in [0.1, 0.15) is 0 Å². The zero-order valence-corrected chi connectivity index (χ0v) is 17.8. The van der Waals surface area contributed by atoms with Crippen LogP contribution in [-0.2, 0) is 14.3 Å². The van der Waals surface area contributed by atoms with E-state index in [1.54, 1.807) is 30.1 Å². The summed E-state index contributed by atoms with van der Waals surface area (Å²) in [4.78, 5) is 38.9. The van der Waals surface area contributed by atoms with Crippen molar-refractivity contribution in [1.82, 2.24) is 10.2 Å². The fourth-order valence-electron chi connectivity index (χ4n) is 2.98. The number of ether oxygens (including phenoxy) is 3. The Kier molecular flexibility index (Phi) is 9.36. The van der Waals surface area contributed by atoms with E-state index in [1.807, 2.05) is 13.8 Å². The van der Waals surface area contributed by atoms with Gasteiger partial charge in [-0.1, -0.05) is 0 Å². The summed E-state index contributed by atoms with van der Waals surface area (Å²) in [5, 5.41) is 4.88. The summed E-state index contributed by atoms with van der Waals surface area (Å²) in [5.74, 6) is 0.576. The average molecular weight is 423 g/mol. The maximum Gasteiger partial charge on any atom is 0.326 e. The molecule has 1 atom stereocenters. The number of anilines is 1. The van der Waals surface area contributed by atoms with Crippen LogP contribution >= 0.6 is 0 Å². The normalized spacial score (nSPS) is 14.6. The lowest BCUT2D eigenvalue weighted by molar-refractivity contribution is -0.862. The van der Waals surface area contributed by atoms with Crippen LogP contribution in [0.25, 0.3) is 0 Å². The summed E-state index contributed by atoms with van der Waals surface area (Å²) < 4.78 is 16.2. The van der Waals surface area contributed by atoms with E-state index in [4.69, 9.17) is 14.2 Å². The van der Waals surface area contributed by atoms with Gasteiger partial charge in [0.05, 0.1) is 33.5 Å². The van der Waals surface area contributed by atoms with Gasteiger partial charge in [-0.3, -0.25) is 14.9 Å². The molecule has 4 amide bonds. The Morgan fingerprint density at radius 2 is 1.73 bits per heavy atom. The summed E-state index contributed by atoms with van der Waals surface area (Å²) in [5.41, 5.74) is 0.468. The predicted molar refractivity (Wildman–Crippen MR) is 110 cm³/mol. The van der Waals surface area contributed by atoms with Gasteiger partial charge in [-0.2, -0.15) is 0 Å². The van der Waals surface area contributed by atoms with Crippen LogP contribution in [0.4, 0.5) is 10.5 Å². The molecule has 0 saturated carbocycles. The number of likely N-dealkylation sites (N-methyl/N-ethyl adjacent to an activating group) is 1. The number of imide groups is 1. The molecule has 10 nitrogen and oxygen atoms in total. The smallest absolute Gasteiger partial charge is 0.326 e. The van der Waals surface area contributed by atoms with Crippen molar-refractivity contribution < 1.29 is 33.5 Å². The zero-order valence-electron chi connectivity index (χ0n) is 17.8. The number of quaternary nitrogens is 1. The largest absolute Gasteiger partial charge is 0.490 e. The molecule has 2 rings (SSSR count). The molecule has 1 fully saturated rings. The zero-order chi connectivity index (χ0) is 21.9. The summed E-state index contributed by atoms with van der Waals surface area (Å²) >= 11 is 0. The maximum absolute atomic E-state index is 12.2. The van der Waals surface area contributed by atoms with Gasteiger partial charge in [0.15, 0.2) is 24.6 Å². The number of nitrogens with one attached hydrogen (secondary N) is 3. The molecule has 1 aromatic rings. The molecule has 0 aromatic heterocycles. The molecule has 3 N–H and O–H groups in total. The topological polar surface area (TPSA) is 111 Å². The molecule has 1 saturated heterocycles. The van der Waals surface area contributed by atoms with Crippen LogP contribution < -0.4 is 25.0 Å². The van der Waals surface area contributed by atoms with Gasteiger partial charge in [0.25, 0.3) is 11.8 Å². The third kappa shape index (κ3) is 7.53. The molecule has 1 aliphatic heterocycles. The second kappa shape index (κ2) is 12.0. The van der Waals surface area contributed by atoms with Crippen LogP contribution in [-0.4, -0.2) is 82.4 Å². The summed E-state index contributed by atoms with van der Waals surface area (Å²) in [6.07, 6.45) is 0. The molecular formula is C20H31N4O6+. The summed E-state index contributed by atoms with van der Waals surface area (Å²) in [7, 11) is 1.73. The van der Waals surface area contributed by atoms with Crippen molar-refractivity contribution in [2.24, 2.45) is 0 Å². The second-order valence-electron chi connectivity index (χ2n) is 6.83. The highest BCUT2D eigenvalue weighted by atomic mass is 16.5. The van der Waals surface area contributed by atoms with Gasteiger partial charge in [-0.05, 0) is 26.0 Å². The van der Waals surface area contributed by atoms with Crippen molar-refractivity contribution in [1.29, 1.82) is 0 Å². The van der Waals surface area contributed by atoms with E-state index in [0.717, 1.165) is 0 Å². The predicted octanol–water partition coefficient (Wildman–Crippen LogP) is -0.494. The number of urea groups is 1. The number of benzene rings is 1. The molecule has 1 unspecified atom stereocenters. The van der Waals surface area contributed by atoms with E-state index in [-0.39, 0.29) is 19.0 Å². The molecule has 10 heteroatoms. The SMILES string of the molecule is CCOc1ccc(NC(=O)NC(=O)C[NH+](C)CC(=O)N2CCOCC2)cc1OCC. The number of hydrogen-bond donors (Lipinski definition) is 3. The lowest BCUT2D eigenvalue weighted by atomic mass is 10.2. The lowest BCUT2D eigenvalue weighted by Gasteiger charge is -2.27. The molecule has 30 heavy (non-hydrogen) atoms. The second-order valence-corrected chi connectivity index (χ2v) is 6.83. The van der Waals surface area contributed by atoms with Crippen LogP contribution in [0.2, 0.25) is 0 Å². The third-order valence-electron chi connectivity index (χ3n) is 4.33. The van der Waals surface area contributed by atoms with E-state index in [1.165, 1.54) is 0 Å². The molecule has 0 aliphatic carbocycles. The number of nitrogens with zero attached hydrogens (tertiary/aromatic N) is 1. The van der Waals surface area contributed by atoms with Crippen molar-refractivity contribution in [3.05, 3.63) is 18.2 Å². The van der Waals surface area contributed by atoms with Gasteiger partial charge < -0.3 is 29.3 Å². The van der Waals surface area contributed by atoms with E-state index in [0.29, 0.717) is 61.6 Å². The number of amides is 4. The minimum absolute atomic E-state index is 0.00300. The highest BCUT2D eigenvalue weighted by Crippen LogP contribution is 2.30. The minimum atomic E-state index is -0.654. The van der Waals surface area contributed by atoms with Gasteiger partial charge >= 0.3 is 6.03 Å². The number of carbonyl (C=O) groups is 3. The average Bonchev–Trinajstić information content (AvgIpc) is 2.70. The number of carbonyl (C=O) groups excluding carboxylic acids is 3. The Morgan fingerprint density at radius 1 is 1.07 bits per heavy atom. The standard InChI is InChI=1S/C20H30N4O6/c1-4-29-16-7-6-15(12-17(16)30-5-2)21-20(27)22-18(25)13-23(3)14-19(26)24-8-10-28-11-9-24/h6-7,12H,4-5,8-11,13-14H2,1-3H3,(H2,21,22,25,27)/p+1. The Balaban J connectivity index is 1.81. The molecule has 0 radical (unpaired) electrons. The molecular weight excluding hydrogens is 392 g/mol. The Bertz CT molecular complexity index is 736. The Labute approximate surface area is 176 Å². The number of hydrogen-bond acceptors (Lipinski definition) is 6. The Hall–Kier alpha value is -2.85. The third-order valence-corrected chi connectivity index (χ3v) is 4.33. The maximum atomic E-state index is 12.2. The van der Waals surface area contributed by atoms with Crippen molar-refractivity contribution in [3.8, 4) is 11.5 Å². The highest BCUT2D eigenvalue weighted by molar-refractivity contribution is 6.01. The monoisotopic (exact) mass is 423 g/mol. The first-order chi connectivity index (χ1) is 14.4. The molecule has 1 aliphatic rings. The fraction of sp³-hybridized carbons (Fsp3) is 0.550. The van der Waals surface area contributed by atoms with E-state index in [2.05, 4.69) is 10.6 Å². The minimum Gasteiger partial charge on any atom is -0.490 e. The van der Waals surface area contributed by atoms with Crippen LogP contribution in [0.3, 0.4) is 0 Å². The molecule has 0 bridgehead atoms. The molecule has 0 spiro atoms. The van der Waals surface area contributed by atoms with Crippen molar-refractivity contribution >= 4 is 23.5 Å². The van der Waals surface area contributed by atoms with Crippen molar-refractivity contribution in [2.75, 3.05) is 65.0 Å². The van der Waals surface area contributed by atoms with Crippen molar-refractivity contribution in [3.63, 3.8) is 0 Å². The van der Waals surface area contributed by atoms with E-state index >= 15 is 0 Å². The van der Waals surface area contributed by atoms with Gasteiger partial charge in [0, 0.05) is 24.8 Å². The summed E-state index contributed by atoms with van der Waals surface area (Å²) in [6.45, 7) is 7.02. The molecule has 166 valence electrons. The highest BCUT2D eigenvalue weighted by Gasteiger charge is 2.22. The van der Waals surface area contributed by atoms with Gasteiger partial charge in [-0.25, -0.2) is 4.79 Å². The first kappa shape index (κ1) is 23.4. The van der Waals surface area contributed by atoms with Gasteiger partial charge in [-0.15, -0.1) is 0 Å². The first-order valence-electron chi connectivity index (χ1n) is 10.1.